The number of methoxy groups -OCH3 is 1. The van der Waals surface area contributed by atoms with Gasteiger partial charge in [-0.25, -0.2) is 4.98 Å². The van der Waals surface area contributed by atoms with Crippen LogP contribution >= 0.6 is 11.3 Å². The highest BCUT2D eigenvalue weighted by atomic mass is 32.1. The number of rotatable bonds is 5. The first-order valence-electron chi connectivity index (χ1n) is 8.59. The van der Waals surface area contributed by atoms with Crippen LogP contribution in [0.3, 0.4) is 0 Å². The van der Waals surface area contributed by atoms with Crippen LogP contribution in [-0.4, -0.2) is 18.0 Å². The van der Waals surface area contributed by atoms with E-state index < -0.39 is 0 Å². The van der Waals surface area contributed by atoms with Crippen LogP contribution in [0.4, 0.5) is 5.13 Å². The minimum Gasteiger partial charge on any atom is -0.497 e. The number of fused-ring (bicyclic) bond motifs is 1. The van der Waals surface area contributed by atoms with E-state index in [4.69, 9.17) is 4.74 Å². The third kappa shape index (κ3) is 3.83. The van der Waals surface area contributed by atoms with Gasteiger partial charge in [0.1, 0.15) is 5.75 Å². The van der Waals surface area contributed by atoms with Gasteiger partial charge < -0.3 is 10.1 Å². The van der Waals surface area contributed by atoms with E-state index in [-0.39, 0.29) is 5.91 Å². The van der Waals surface area contributed by atoms with Crippen molar-refractivity contribution in [1.29, 1.82) is 0 Å². The molecule has 0 unspecified atom stereocenters. The molecule has 0 radical (unpaired) electrons. The van der Waals surface area contributed by atoms with Gasteiger partial charge in [-0.1, -0.05) is 54.6 Å². The average molecular weight is 374 g/mol. The van der Waals surface area contributed by atoms with Crippen molar-refractivity contribution in [1.82, 2.24) is 4.98 Å². The van der Waals surface area contributed by atoms with Gasteiger partial charge in [0, 0.05) is 10.9 Å². The molecular weight excluding hydrogens is 356 g/mol. The standard InChI is InChI=1S/C22H18N2O2S/c1-26-18-10-5-9-17(12-18)20-14-27-22(23-20)24-21(25)13-16-8-4-7-15-6-2-3-11-19(15)16/h2-12,14H,13H2,1H3,(H,23,24,25). The summed E-state index contributed by atoms with van der Waals surface area (Å²) in [6.45, 7) is 0. The van der Waals surface area contributed by atoms with Gasteiger partial charge in [-0.2, -0.15) is 0 Å². The van der Waals surface area contributed by atoms with Crippen LogP contribution in [0, 0.1) is 0 Å². The second-order valence-corrected chi connectivity index (χ2v) is 6.99. The fourth-order valence-corrected chi connectivity index (χ4v) is 3.77. The fourth-order valence-electron chi connectivity index (χ4n) is 3.03. The molecule has 0 aliphatic heterocycles. The molecule has 134 valence electrons. The Labute approximate surface area is 161 Å². The van der Waals surface area contributed by atoms with Crippen LogP contribution in [-0.2, 0) is 11.2 Å². The molecule has 3 aromatic carbocycles. The van der Waals surface area contributed by atoms with Gasteiger partial charge in [0.25, 0.3) is 0 Å². The molecule has 27 heavy (non-hydrogen) atoms. The number of hydrogen-bond donors (Lipinski definition) is 1. The molecule has 1 heterocycles. The van der Waals surface area contributed by atoms with Crippen molar-refractivity contribution in [2.75, 3.05) is 12.4 Å². The number of aromatic nitrogens is 1. The highest BCUT2D eigenvalue weighted by Gasteiger charge is 2.11. The Balaban J connectivity index is 1.49. The predicted octanol–water partition coefficient (Wildman–Crippen LogP) is 5.15. The van der Waals surface area contributed by atoms with E-state index in [9.17, 15) is 4.79 Å². The van der Waals surface area contributed by atoms with Crippen molar-refractivity contribution < 1.29 is 9.53 Å². The van der Waals surface area contributed by atoms with E-state index in [2.05, 4.69) is 22.4 Å². The summed E-state index contributed by atoms with van der Waals surface area (Å²) < 4.78 is 5.26. The smallest absolute Gasteiger partial charge is 0.230 e. The molecule has 0 bridgehead atoms. The lowest BCUT2D eigenvalue weighted by atomic mass is 10.0. The lowest BCUT2D eigenvalue weighted by Crippen LogP contribution is -2.14. The van der Waals surface area contributed by atoms with Gasteiger partial charge in [0.2, 0.25) is 5.91 Å². The Morgan fingerprint density at radius 1 is 1.07 bits per heavy atom. The summed E-state index contributed by atoms with van der Waals surface area (Å²) in [6, 6.07) is 21.8. The molecule has 0 saturated carbocycles. The third-order valence-corrected chi connectivity index (χ3v) is 5.10. The zero-order valence-corrected chi connectivity index (χ0v) is 15.6. The molecule has 1 aromatic heterocycles. The van der Waals surface area contributed by atoms with Crippen LogP contribution in [0.25, 0.3) is 22.0 Å². The highest BCUT2D eigenvalue weighted by Crippen LogP contribution is 2.27. The number of carbonyl (C=O) groups excluding carboxylic acids is 1. The molecule has 0 spiro atoms. The van der Waals surface area contributed by atoms with Crippen molar-refractivity contribution in [3.8, 4) is 17.0 Å². The number of nitrogens with one attached hydrogen (secondary N) is 1. The van der Waals surface area contributed by atoms with Gasteiger partial charge in [-0.05, 0) is 28.5 Å². The number of amides is 1. The first-order valence-corrected chi connectivity index (χ1v) is 9.47. The molecule has 0 aliphatic rings. The molecule has 1 N–H and O–H groups in total. The number of anilines is 1. The maximum absolute atomic E-state index is 12.5. The van der Waals surface area contributed by atoms with Crippen LogP contribution in [0.15, 0.2) is 72.1 Å². The Morgan fingerprint density at radius 2 is 1.89 bits per heavy atom. The Kier molecular flexibility index (Phi) is 4.85. The first-order chi connectivity index (χ1) is 13.2. The quantitative estimate of drug-likeness (QED) is 0.525. The average Bonchev–Trinajstić information content (AvgIpc) is 3.17. The molecule has 0 saturated heterocycles. The third-order valence-electron chi connectivity index (χ3n) is 4.35. The van der Waals surface area contributed by atoms with E-state index in [0.717, 1.165) is 33.3 Å². The van der Waals surface area contributed by atoms with Crippen molar-refractivity contribution in [2.45, 2.75) is 6.42 Å². The van der Waals surface area contributed by atoms with E-state index >= 15 is 0 Å². The van der Waals surface area contributed by atoms with E-state index in [1.165, 1.54) is 11.3 Å². The molecule has 4 rings (SSSR count). The summed E-state index contributed by atoms with van der Waals surface area (Å²) >= 11 is 1.42. The van der Waals surface area contributed by atoms with Crippen molar-refractivity contribution in [3.63, 3.8) is 0 Å². The normalized spacial score (nSPS) is 10.7. The molecule has 5 heteroatoms. The minimum absolute atomic E-state index is 0.0714. The summed E-state index contributed by atoms with van der Waals surface area (Å²) in [5.74, 6) is 0.708. The monoisotopic (exact) mass is 374 g/mol. The molecule has 1 amide bonds. The molecule has 4 nitrogen and oxygen atoms in total. The maximum Gasteiger partial charge on any atom is 0.230 e. The Bertz CT molecular complexity index is 1100. The summed E-state index contributed by atoms with van der Waals surface area (Å²) in [7, 11) is 1.64. The Morgan fingerprint density at radius 3 is 2.78 bits per heavy atom. The maximum atomic E-state index is 12.5. The van der Waals surface area contributed by atoms with Gasteiger partial charge in [-0.3, -0.25) is 4.79 Å². The van der Waals surface area contributed by atoms with Crippen LogP contribution in [0.5, 0.6) is 5.75 Å². The number of thiazole rings is 1. The number of benzene rings is 3. The summed E-state index contributed by atoms with van der Waals surface area (Å²) in [5.41, 5.74) is 2.79. The first kappa shape index (κ1) is 17.2. The van der Waals surface area contributed by atoms with Gasteiger partial charge in [0.15, 0.2) is 5.13 Å². The second kappa shape index (κ2) is 7.60. The van der Waals surface area contributed by atoms with E-state index in [1.54, 1.807) is 7.11 Å². The number of carbonyl (C=O) groups is 1. The molecule has 0 fully saturated rings. The second-order valence-electron chi connectivity index (χ2n) is 6.13. The SMILES string of the molecule is COc1cccc(-c2csc(NC(=O)Cc3cccc4ccccc34)n2)c1. The predicted molar refractivity (Wildman–Crippen MR) is 110 cm³/mol. The summed E-state index contributed by atoms with van der Waals surface area (Å²) in [6.07, 6.45) is 0.315. The summed E-state index contributed by atoms with van der Waals surface area (Å²) in [4.78, 5) is 17.0. The zero-order valence-electron chi connectivity index (χ0n) is 14.8. The van der Waals surface area contributed by atoms with Crippen LogP contribution in [0.1, 0.15) is 5.56 Å². The number of nitrogens with zero attached hydrogens (tertiary/aromatic N) is 1. The lowest BCUT2D eigenvalue weighted by molar-refractivity contribution is -0.115. The molecule has 0 atom stereocenters. The zero-order chi connectivity index (χ0) is 18.6. The minimum atomic E-state index is -0.0714. The highest BCUT2D eigenvalue weighted by molar-refractivity contribution is 7.14. The van der Waals surface area contributed by atoms with E-state index in [0.29, 0.717) is 11.6 Å². The summed E-state index contributed by atoms with van der Waals surface area (Å²) in [5, 5.41) is 7.68. The lowest BCUT2D eigenvalue weighted by Gasteiger charge is -2.06. The van der Waals surface area contributed by atoms with Crippen LogP contribution in [0.2, 0.25) is 0 Å². The number of ether oxygens (including phenoxy) is 1. The van der Waals surface area contributed by atoms with E-state index in [1.807, 2.05) is 60.0 Å². The molecule has 0 aliphatic carbocycles. The molecular formula is C22H18N2O2S. The van der Waals surface area contributed by atoms with Gasteiger partial charge >= 0.3 is 0 Å². The molecule has 4 aromatic rings. The van der Waals surface area contributed by atoms with Crippen molar-refractivity contribution in [3.05, 3.63) is 77.7 Å². The number of hydrogen-bond acceptors (Lipinski definition) is 4. The fraction of sp³-hybridized carbons (Fsp3) is 0.0909. The van der Waals surface area contributed by atoms with Crippen molar-refractivity contribution >= 4 is 33.1 Å². The largest absolute Gasteiger partial charge is 0.497 e. The van der Waals surface area contributed by atoms with Crippen molar-refractivity contribution in [2.24, 2.45) is 0 Å². The Hall–Kier alpha value is -3.18. The van der Waals surface area contributed by atoms with Gasteiger partial charge in [0.05, 0.1) is 19.2 Å². The van der Waals surface area contributed by atoms with Crippen LogP contribution < -0.4 is 10.1 Å². The topological polar surface area (TPSA) is 51.2 Å². The van der Waals surface area contributed by atoms with Gasteiger partial charge in [-0.15, -0.1) is 11.3 Å².